The van der Waals surface area contributed by atoms with Gasteiger partial charge in [0, 0.05) is 32.1 Å². The second-order valence-corrected chi connectivity index (χ2v) is 10.8. The zero-order valence-electron chi connectivity index (χ0n) is 22.0. The highest BCUT2D eigenvalue weighted by atomic mass is 32.2. The van der Waals surface area contributed by atoms with Gasteiger partial charge in [-0.2, -0.15) is 0 Å². The van der Waals surface area contributed by atoms with Crippen LogP contribution in [0.3, 0.4) is 0 Å². The summed E-state index contributed by atoms with van der Waals surface area (Å²) in [5.41, 5.74) is 2.53. The van der Waals surface area contributed by atoms with Crippen LogP contribution in [0.1, 0.15) is 50.7 Å². The largest absolute Gasteiger partial charge is 0.497 e. The minimum Gasteiger partial charge on any atom is -0.497 e. The highest BCUT2D eigenvalue weighted by Crippen LogP contribution is 2.24. The first-order chi connectivity index (χ1) is 17.1. The van der Waals surface area contributed by atoms with Crippen molar-refractivity contribution in [1.82, 2.24) is 10.2 Å². The fourth-order valence-corrected chi connectivity index (χ4v) is 4.90. The van der Waals surface area contributed by atoms with Crippen LogP contribution in [-0.2, 0) is 26.2 Å². The van der Waals surface area contributed by atoms with Crippen molar-refractivity contribution in [3.05, 3.63) is 59.7 Å². The summed E-state index contributed by atoms with van der Waals surface area (Å²) in [6.45, 7) is 6.85. The number of nitrogens with zero attached hydrogens (tertiary/aromatic N) is 2. The molecule has 0 aliphatic heterocycles. The summed E-state index contributed by atoms with van der Waals surface area (Å²) >= 11 is 0. The molecule has 0 fully saturated rings. The van der Waals surface area contributed by atoms with E-state index in [4.69, 9.17) is 4.74 Å². The van der Waals surface area contributed by atoms with Gasteiger partial charge >= 0.3 is 0 Å². The summed E-state index contributed by atoms with van der Waals surface area (Å²) in [6.07, 6.45) is 2.84. The van der Waals surface area contributed by atoms with Gasteiger partial charge < -0.3 is 15.0 Å². The molecule has 0 spiro atoms. The Labute approximate surface area is 215 Å². The molecule has 2 rings (SSSR count). The first-order valence-electron chi connectivity index (χ1n) is 12.3. The molecule has 0 aromatic heterocycles. The van der Waals surface area contributed by atoms with Crippen LogP contribution >= 0.6 is 0 Å². The fraction of sp³-hybridized carbons (Fsp3) is 0.481. The molecule has 2 amide bonds. The number of methoxy groups -OCH3 is 1. The van der Waals surface area contributed by atoms with Crippen LogP contribution in [0.25, 0.3) is 0 Å². The maximum Gasteiger partial charge on any atom is 0.242 e. The fourth-order valence-electron chi connectivity index (χ4n) is 3.95. The Balaban J connectivity index is 2.20. The maximum absolute atomic E-state index is 13.4. The summed E-state index contributed by atoms with van der Waals surface area (Å²) in [5.74, 6) is 0.188. The zero-order chi connectivity index (χ0) is 26.7. The quantitative estimate of drug-likeness (QED) is 0.410. The normalized spacial score (nSPS) is 12.0. The van der Waals surface area contributed by atoms with Crippen molar-refractivity contribution in [2.75, 3.05) is 30.8 Å². The number of nitrogens with one attached hydrogen (secondary N) is 1. The van der Waals surface area contributed by atoms with Gasteiger partial charge in [0.1, 0.15) is 11.8 Å². The SMILES string of the molecule is CCCNC(=O)C(CC)N(Cc1ccc(C)cc1)C(=O)CCCN(c1cccc(OC)c1)S(C)(=O)=O. The molecule has 0 saturated carbocycles. The smallest absolute Gasteiger partial charge is 0.242 e. The Morgan fingerprint density at radius 1 is 1.08 bits per heavy atom. The average Bonchev–Trinajstić information content (AvgIpc) is 2.85. The van der Waals surface area contributed by atoms with Gasteiger partial charge in [0.2, 0.25) is 21.8 Å². The van der Waals surface area contributed by atoms with Gasteiger partial charge in [0.15, 0.2) is 0 Å². The van der Waals surface area contributed by atoms with E-state index >= 15 is 0 Å². The molecule has 0 radical (unpaired) electrons. The molecule has 1 N–H and O–H groups in total. The second-order valence-electron chi connectivity index (χ2n) is 8.86. The van der Waals surface area contributed by atoms with E-state index in [2.05, 4.69) is 5.32 Å². The third-order valence-corrected chi connectivity index (χ3v) is 7.10. The van der Waals surface area contributed by atoms with E-state index in [9.17, 15) is 18.0 Å². The number of anilines is 1. The zero-order valence-corrected chi connectivity index (χ0v) is 22.8. The van der Waals surface area contributed by atoms with Gasteiger partial charge in [-0.05, 0) is 43.9 Å². The van der Waals surface area contributed by atoms with Crippen molar-refractivity contribution >= 4 is 27.5 Å². The number of sulfonamides is 1. The van der Waals surface area contributed by atoms with Crippen LogP contribution < -0.4 is 14.4 Å². The van der Waals surface area contributed by atoms with E-state index < -0.39 is 16.1 Å². The van der Waals surface area contributed by atoms with Crippen LogP contribution in [0.15, 0.2) is 48.5 Å². The van der Waals surface area contributed by atoms with Crippen LogP contribution in [-0.4, -0.2) is 57.6 Å². The monoisotopic (exact) mass is 517 g/mol. The lowest BCUT2D eigenvalue weighted by atomic mass is 10.1. The standard InChI is InChI=1S/C27H39N3O5S/c1-6-17-28-27(32)25(7-2)29(20-22-15-13-21(3)14-16-22)26(31)12-9-18-30(36(5,33)34)23-10-8-11-24(19-23)35-4/h8,10-11,13-16,19,25H,6-7,9,12,17-18,20H2,1-5H3,(H,28,32). The Kier molecular flexibility index (Phi) is 11.2. The summed E-state index contributed by atoms with van der Waals surface area (Å²) in [7, 11) is -2.05. The lowest BCUT2D eigenvalue weighted by Crippen LogP contribution is -2.49. The average molecular weight is 518 g/mol. The van der Waals surface area contributed by atoms with Crippen molar-refractivity contribution < 1.29 is 22.7 Å². The Morgan fingerprint density at radius 3 is 2.36 bits per heavy atom. The highest BCUT2D eigenvalue weighted by molar-refractivity contribution is 7.92. The second kappa shape index (κ2) is 13.9. The number of benzene rings is 2. The summed E-state index contributed by atoms with van der Waals surface area (Å²) in [6, 6.07) is 14.1. The molecule has 1 unspecified atom stereocenters. The van der Waals surface area contributed by atoms with E-state index in [0.717, 1.165) is 23.8 Å². The van der Waals surface area contributed by atoms with Gasteiger partial charge in [0.05, 0.1) is 19.1 Å². The van der Waals surface area contributed by atoms with E-state index in [1.807, 2.05) is 45.0 Å². The number of ether oxygens (including phenoxy) is 1. The first kappa shape index (κ1) is 29.2. The summed E-state index contributed by atoms with van der Waals surface area (Å²) < 4.78 is 31.5. The van der Waals surface area contributed by atoms with Crippen molar-refractivity contribution in [3.63, 3.8) is 0 Å². The molecule has 0 bridgehead atoms. The van der Waals surface area contributed by atoms with Gasteiger partial charge in [0.25, 0.3) is 0 Å². The van der Waals surface area contributed by atoms with Gasteiger partial charge in [-0.3, -0.25) is 13.9 Å². The number of rotatable bonds is 14. The van der Waals surface area contributed by atoms with Crippen molar-refractivity contribution in [2.24, 2.45) is 0 Å². The van der Waals surface area contributed by atoms with E-state index in [0.29, 0.717) is 37.4 Å². The lowest BCUT2D eigenvalue weighted by molar-refractivity contribution is -0.141. The predicted molar refractivity (Wildman–Crippen MR) is 144 cm³/mol. The Bertz CT molecular complexity index is 1100. The molecule has 8 nitrogen and oxygen atoms in total. The number of hydrogen-bond donors (Lipinski definition) is 1. The first-order valence-corrected chi connectivity index (χ1v) is 14.2. The minimum absolute atomic E-state index is 0.111. The van der Waals surface area contributed by atoms with Gasteiger partial charge in [-0.15, -0.1) is 0 Å². The van der Waals surface area contributed by atoms with Gasteiger partial charge in [-0.25, -0.2) is 8.42 Å². The molecular formula is C27H39N3O5S. The van der Waals surface area contributed by atoms with E-state index in [1.165, 1.54) is 11.4 Å². The summed E-state index contributed by atoms with van der Waals surface area (Å²) in [4.78, 5) is 27.9. The van der Waals surface area contributed by atoms with E-state index in [-0.39, 0.29) is 24.8 Å². The van der Waals surface area contributed by atoms with E-state index in [1.54, 1.807) is 29.2 Å². The van der Waals surface area contributed by atoms with Crippen molar-refractivity contribution in [3.8, 4) is 5.75 Å². The van der Waals surface area contributed by atoms with Crippen LogP contribution in [0.4, 0.5) is 5.69 Å². The van der Waals surface area contributed by atoms with Crippen molar-refractivity contribution in [1.29, 1.82) is 0 Å². The topological polar surface area (TPSA) is 96.0 Å². The molecule has 0 saturated heterocycles. The molecule has 2 aromatic rings. The number of carbonyl (C=O) groups excluding carboxylic acids is 2. The number of aryl methyl sites for hydroxylation is 1. The number of amides is 2. The van der Waals surface area contributed by atoms with Crippen LogP contribution in [0.5, 0.6) is 5.75 Å². The Morgan fingerprint density at radius 2 is 1.78 bits per heavy atom. The highest BCUT2D eigenvalue weighted by Gasteiger charge is 2.28. The maximum atomic E-state index is 13.4. The third-order valence-electron chi connectivity index (χ3n) is 5.90. The molecule has 2 aromatic carbocycles. The predicted octanol–water partition coefficient (Wildman–Crippen LogP) is 3.88. The lowest BCUT2D eigenvalue weighted by Gasteiger charge is -2.31. The minimum atomic E-state index is -3.57. The molecule has 0 aliphatic carbocycles. The van der Waals surface area contributed by atoms with Crippen LogP contribution in [0, 0.1) is 6.92 Å². The van der Waals surface area contributed by atoms with Gasteiger partial charge in [-0.1, -0.05) is 49.7 Å². The molecule has 198 valence electrons. The summed E-state index contributed by atoms with van der Waals surface area (Å²) in [5, 5.41) is 2.91. The molecule has 1 atom stereocenters. The Hall–Kier alpha value is -3.07. The van der Waals surface area contributed by atoms with Crippen molar-refractivity contribution in [2.45, 2.75) is 59.0 Å². The molecule has 9 heteroatoms. The van der Waals surface area contributed by atoms with Crippen LogP contribution in [0.2, 0.25) is 0 Å². The molecule has 0 heterocycles. The molecule has 36 heavy (non-hydrogen) atoms. The number of carbonyl (C=O) groups is 2. The number of hydrogen-bond acceptors (Lipinski definition) is 5. The third kappa shape index (κ3) is 8.55. The molecule has 0 aliphatic rings. The molecular weight excluding hydrogens is 478 g/mol.